The van der Waals surface area contributed by atoms with Gasteiger partial charge in [0.25, 0.3) is 0 Å². The molecule has 0 amide bonds. The molecule has 12 heteroatoms. The second-order valence-corrected chi connectivity index (χ2v) is 104. The summed E-state index contributed by atoms with van der Waals surface area (Å²) in [5, 5.41) is 2.24. The van der Waals surface area contributed by atoms with Crippen molar-refractivity contribution in [2.75, 3.05) is 0 Å². The molecular weight excluding hydrogens is 1000 g/mol. The first-order valence-electron chi connectivity index (χ1n) is 20.5. The molecule has 53 heavy (non-hydrogen) atoms. The van der Waals surface area contributed by atoms with E-state index in [9.17, 15) is 0 Å². The standard InChI is InChI=1S/C27H59Si6.C7H7NS2.C7H19Si2.Pb/c1-28(2,3)25(29(4,5)6)22-19-23(26(30(7,8)9)31(10,11)12)21-24(20-22)27(32(13,14)15)33(16,17)18;9-7(10)8-6-4-2-1-3-5-6;1-8(2,3)7-9(4,5)6;/h19-20,25-27H,1-18H3;1-5H,(H2,8,9,10);7H,1-6H3;/q;;;+2/p-2. The molecule has 0 saturated carbocycles. The van der Waals surface area contributed by atoms with Gasteiger partial charge in [0.1, 0.15) is 0 Å². The van der Waals surface area contributed by atoms with E-state index >= 15 is 0 Å². The summed E-state index contributed by atoms with van der Waals surface area (Å²) in [5.41, 5.74) is 6.78. The van der Waals surface area contributed by atoms with Gasteiger partial charge in [-0.2, -0.15) is 0 Å². The Balaban J connectivity index is 2.84. The Morgan fingerprint density at radius 3 is 1.04 bits per heavy atom. The fraction of sp³-hybridized carbons (Fsp3) is 0.683. The quantitative estimate of drug-likeness (QED) is 0.175. The minimum absolute atomic E-state index is 0.744. The zero-order valence-electron chi connectivity index (χ0n) is 39.1. The molecular formula is C41H83NPbS2Si8. The topological polar surface area (TPSA) is 12.4 Å². The molecule has 0 bridgehead atoms. The summed E-state index contributed by atoms with van der Waals surface area (Å²) in [5.74, 6) is 0. The summed E-state index contributed by atoms with van der Waals surface area (Å²) in [6.45, 7) is 65.8. The summed E-state index contributed by atoms with van der Waals surface area (Å²) in [6, 6.07) is 16.9. The molecule has 1 saturated heterocycles. The Labute approximate surface area is 348 Å². The van der Waals surface area contributed by atoms with E-state index in [0.717, 1.165) is 23.9 Å². The number of nitrogens with zero attached hydrogens (tertiary/aromatic N) is 1. The van der Waals surface area contributed by atoms with Crippen molar-refractivity contribution >= 4 is 113 Å². The molecule has 0 unspecified atom stereocenters. The third kappa shape index (κ3) is 11.4. The molecule has 1 aliphatic heterocycles. The molecule has 0 N–H and O–H groups in total. The molecule has 3 rings (SSSR count). The summed E-state index contributed by atoms with van der Waals surface area (Å²) in [6.07, 6.45) is 0. The van der Waals surface area contributed by atoms with Crippen LogP contribution in [0.25, 0.3) is 0 Å². The first kappa shape index (κ1) is 48.8. The molecule has 0 radical (unpaired) electrons. The zero-order chi connectivity index (χ0) is 41.3. The Bertz CT molecular complexity index is 1510. The van der Waals surface area contributed by atoms with Gasteiger partial charge in [-0.25, -0.2) is 0 Å². The van der Waals surface area contributed by atoms with Crippen LogP contribution in [-0.4, -0.2) is 87.1 Å². The normalized spacial score (nSPS) is 18.8. The second kappa shape index (κ2) is 16.1. The molecule has 1 heterocycles. The predicted molar refractivity (Wildman–Crippen MR) is 279 cm³/mol. The molecule has 2 aromatic rings. The Hall–Kier alpha value is 1.47. The van der Waals surface area contributed by atoms with Crippen molar-refractivity contribution in [2.45, 2.75) is 175 Å². The van der Waals surface area contributed by atoms with Crippen LogP contribution in [0.2, 0.25) is 160 Å². The Morgan fingerprint density at radius 1 is 0.434 bits per heavy atom. The van der Waals surface area contributed by atoms with Crippen LogP contribution in [-0.2, 0) is 0 Å². The molecule has 1 nitrogen and oxygen atoms in total. The van der Waals surface area contributed by atoms with Gasteiger partial charge in [0, 0.05) is 0 Å². The van der Waals surface area contributed by atoms with E-state index in [4.69, 9.17) is 4.99 Å². The molecule has 0 aromatic heterocycles. The molecule has 2 aromatic carbocycles. The van der Waals surface area contributed by atoms with Crippen LogP contribution in [0.4, 0.5) is 5.69 Å². The fourth-order valence-corrected chi connectivity index (χ4v) is 171. The number of hydrogen-bond acceptors (Lipinski definition) is 3. The van der Waals surface area contributed by atoms with Gasteiger partial charge in [-0.15, -0.1) is 0 Å². The summed E-state index contributed by atoms with van der Waals surface area (Å²) in [4.78, 5) is 5.46. The van der Waals surface area contributed by atoms with E-state index < -0.39 is 82.8 Å². The predicted octanol–water partition coefficient (Wildman–Crippen LogP) is 15.1. The van der Waals surface area contributed by atoms with Crippen molar-refractivity contribution in [1.82, 2.24) is 0 Å². The molecule has 1 aliphatic rings. The van der Waals surface area contributed by atoms with Crippen molar-refractivity contribution in [1.29, 1.82) is 0 Å². The third-order valence-electron chi connectivity index (χ3n) is 11.3. The van der Waals surface area contributed by atoms with E-state index in [1.54, 1.807) is 5.56 Å². The number of para-hydroxylation sites is 1. The van der Waals surface area contributed by atoms with Gasteiger partial charge in [0.2, 0.25) is 0 Å². The molecule has 300 valence electrons. The van der Waals surface area contributed by atoms with Crippen LogP contribution in [0.3, 0.4) is 0 Å². The van der Waals surface area contributed by atoms with Gasteiger partial charge in [-0.1, -0.05) is 0 Å². The van der Waals surface area contributed by atoms with Crippen molar-refractivity contribution in [2.24, 2.45) is 4.99 Å². The van der Waals surface area contributed by atoms with Crippen LogP contribution < -0.4 is 3.12 Å². The Morgan fingerprint density at radius 2 is 0.755 bits per heavy atom. The monoisotopic (exact) mass is 1090 g/mol. The average Bonchev–Trinajstić information content (AvgIpc) is 2.81. The number of benzene rings is 2. The van der Waals surface area contributed by atoms with Gasteiger partial charge in [0.05, 0.1) is 0 Å². The SMILES string of the molecule is C[Si](C)(C)C(c1cc(C([Si](C)(C)C)[Si](C)(C)C)[c]([Pb]2([CH]([Si](C)(C)C)[Si](C)(C)C)[S]C(=Nc3ccccc3)[S]2)c(C([Si](C)(C)C)[Si](C)(C)C)c1)[Si](C)(C)C. The van der Waals surface area contributed by atoms with E-state index in [1.807, 2.05) is 11.1 Å². The van der Waals surface area contributed by atoms with Crippen molar-refractivity contribution in [3.05, 3.63) is 59.2 Å². The number of aliphatic imine (C=N–C) groups is 1. The number of hydrogen-bond donors (Lipinski definition) is 0. The Kier molecular flexibility index (Phi) is 14.9. The summed E-state index contributed by atoms with van der Waals surface area (Å²) in [7, 11) is -8.00. The molecule has 0 aliphatic carbocycles. The van der Waals surface area contributed by atoms with E-state index in [0.29, 0.717) is 0 Å². The van der Waals surface area contributed by atoms with E-state index in [2.05, 4.69) is 219 Å². The van der Waals surface area contributed by atoms with Gasteiger partial charge in [0.15, 0.2) is 0 Å². The van der Waals surface area contributed by atoms with Crippen molar-refractivity contribution in [3.8, 4) is 0 Å². The van der Waals surface area contributed by atoms with Crippen LogP contribution in [0.5, 0.6) is 0 Å². The third-order valence-corrected chi connectivity index (χ3v) is 120. The summed E-state index contributed by atoms with van der Waals surface area (Å²) >= 11 is -3.64. The first-order valence-corrected chi connectivity index (χ1v) is 64.5. The molecule has 0 spiro atoms. The average molecular weight is 1090 g/mol. The van der Waals surface area contributed by atoms with E-state index in [1.165, 1.54) is 4.38 Å². The molecule has 0 atom stereocenters. The van der Waals surface area contributed by atoms with Crippen LogP contribution >= 0.6 is 16.6 Å². The van der Waals surface area contributed by atoms with E-state index in [-0.39, 0.29) is 0 Å². The van der Waals surface area contributed by atoms with Crippen molar-refractivity contribution < 1.29 is 0 Å². The summed E-state index contributed by atoms with van der Waals surface area (Å²) < 4.78 is 4.37. The van der Waals surface area contributed by atoms with Crippen LogP contribution in [0.15, 0.2) is 47.5 Å². The maximum absolute atomic E-state index is 5.46. The van der Waals surface area contributed by atoms with Crippen LogP contribution in [0, 0.1) is 0 Å². The van der Waals surface area contributed by atoms with Crippen molar-refractivity contribution in [3.63, 3.8) is 0 Å². The van der Waals surface area contributed by atoms with Gasteiger partial charge < -0.3 is 0 Å². The van der Waals surface area contributed by atoms with Gasteiger partial charge in [-0.3, -0.25) is 0 Å². The maximum atomic E-state index is 5.46. The fourth-order valence-electron chi connectivity index (χ4n) is 12.2. The second-order valence-electron chi connectivity index (χ2n) is 25.3. The minimum atomic E-state index is -3.64. The number of rotatable bonds is 14. The molecule has 1 fully saturated rings. The first-order chi connectivity index (χ1) is 23.3. The van der Waals surface area contributed by atoms with Gasteiger partial charge >= 0.3 is 352 Å². The van der Waals surface area contributed by atoms with Gasteiger partial charge in [-0.05, 0) is 0 Å². The zero-order valence-corrected chi connectivity index (χ0v) is 52.6. The van der Waals surface area contributed by atoms with Crippen LogP contribution in [0.1, 0.15) is 32.2 Å².